The van der Waals surface area contributed by atoms with Gasteiger partial charge in [-0.1, -0.05) is 60.6 Å². The lowest BCUT2D eigenvalue weighted by molar-refractivity contribution is -0.0619. The van der Waals surface area contributed by atoms with Crippen molar-refractivity contribution >= 4 is 16.6 Å². The molecule has 0 aliphatic heterocycles. The van der Waals surface area contributed by atoms with Crippen LogP contribution in [0.1, 0.15) is 61.3 Å². The van der Waals surface area contributed by atoms with Crippen molar-refractivity contribution in [1.29, 1.82) is 5.26 Å². The third kappa shape index (κ3) is 2.50. The summed E-state index contributed by atoms with van der Waals surface area (Å²) in [6, 6.07) is 9.57. The van der Waals surface area contributed by atoms with E-state index in [0.29, 0.717) is 5.92 Å². The van der Waals surface area contributed by atoms with Gasteiger partial charge in [-0.05, 0) is 49.1 Å². The van der Waals surface area contributed by atoms with Crippen LogP contribution in [0.15, 0.2) is 12.2 Å². The Balaban J connectivity index is 2.10. The number of hydrogen-bond acceptors (Lipinski definition) is 3. The fourth-order valence-corrected chi connectivity index (χ4v) is 13.1. The van der Waals surface area contributed by atoms with Gasteiger partial charge in [-0.15, -0.1) is 0 Å². The normalized spacial score (nSPS) is 38.9. The Morgan fingerprint density at radius 3 is 1.71 bits per heavy atom. The molecule has 0 N–H and O–H groups in total. The smallest absolute Gasteiger partial charge is 0.193 e. The minimum atomic E-state index is -1.85. The van der Waals surface area contributed by atoms with Crippen molar-refractivity contribution in [3.8, 4) is 6.07 Å². The highest BCUT2D eigenvalue weighted by Gasteiger charge is 2.81. The number of rotatable bonds is 10. The first-order valence-corrected chi connectivity index (χ1v) is 16.8. The Kier molecular flexibility index (Phi) is 5.86. The van der Waals surface area contributed by atoms with Crippen LogP contribution in [0.25, 0.3) is 0 Å². The minimum Gasteiger partial charge on any atom is -0.407 e. The molecular weight excluding hydrogens is 378 g/mol. The largest absolute Gasteiger partial charge is 0.407 e. The molecule has 4 bridgehead atoms. The molecule has 0 saturated heterocycles. The van der Waals surface area contributed by atoms with Crippen molar-refractivity contribution in [2.75, 3.05) is 0 Å². The molecule has 0 radical (unpaired) electrons. The molecule has 5 heteroatoms. The molecule has 0 aromatic heterocycles. The first kappa shape index (κ1) is 22.3. The summed E-state index contributed by atoms with van der Waals surface area (Å²) in [7, 11) is -3.66. The third-order valence-electron chi connectivity index (χ3n) is 9.45. The molecule has 0 aromatic rings. The van der Waals surface area contributed by atoms with Crippen molar-refractivity contribution in [2.45, 2.75) is 109 Å². The topological polar surface area (TPSA) is 42.2 Å². The van der Waals surface area contributed by atoms with Crippen LogP contribution in [0.3, 0.4) is 0 Å². The van der Waals surface area contributed by atoms with Crippen LogP contribution >= 0.6 is 0 Å². The summed E-state index contributed by atoms with van der Waals surface area (Å²) in [5.74, 6) is 0.228. The zero-order valence-electron chi connectivity index (χ0n) is 19.2. The van der Waals surface area contributed by atoms with Crippen LogP contribution < -0.4 is 0 Å². The summed E-state index contributed by atoms with van der Waals surface area (Å²) in [5, 5.41) is 10.3. The highest BCUT2D eigenvalue weighted by molar-refractivity contribution is 6.74. The van der Waals surface area contributed by atoms with E-state index in [9.17, 15) is 5.26 Å². The maximum Gasteiger partial charge on any atom is 0.193 e. The average molecular weight is 420 g/mol. The Hall–Kier alpha value is -0.416. The quantitative estimate of drug-likeness (QED) is 0.294. The molecule has 0 unspecified atom stereocenters. The van der Waals surface area contributed by atoms with Gasteiger partial charge in [0.1, 0.15) is 0 Å². The van der Waals surface area contributed by atoms with Crippen LogP contribution in [-0.2, 0) is 8.85 Å². The molecule has 0 spiro atoms. The third-order valence-corrected chi connectivity index (χ3v) is 18.7. The van der Waals surface area contributed by atoms with Gasteiger partial charge in [-0.25, -0.2) is 0 Å². The van der Waals surface area contributed by atoms with E-state index in [1.165, 1.54) is 0 Å². The number of nitriles is 1. The molecule has 0 heterocycles. The Morgan fingerprint density at radius 2 is 1.29 bits per heavy atom. The molecule has 3 nitrogen and oxygen atoms in total. The van der Waals surface area contributed by atoms with Gasteiger partial charge in [0.2, 0.25) is 0 Å². The van der Waals surface area contributed by atoms with Crippen LogP contribution in [-0.4, -0.2) is 27.8 Å². The lowest BCUT2D eigenvalue weighted by Gasteiger charge is -2.50. The average Bonchev–Trinajstić information content (AvgIpc) is 3.21. The van der Waals surface area contributed by atoms with Gasteiger partial charge in [0.05, 0.1) is 23.2 Å². The first-order valence-electron chi connectivity index (χ1n) is 11.8. The molecule has 28 heavy (non-hydrogen) atoms. The summed E-state index contributed by atoms with van der Waals surface area (Å²) < 4.78 is 14.6. The maximum absolute atomic E-state index is 10.3. The van der Waals surface area contributed by atoms with Gasteiger partial charge in [0.15, 0.2) is 16.6 Å². The molecule has 0 amide bonds. The molecule has 2 saturated carbocycles. The summed E-state index contributed by atoms with van der Waals surface area (Å²) in [4.78, 5) is 0. The van der Waals surface area contributed by atoms with E-state index >= 15 is 0 Å². The molecule has 3 rings (SSSR count). The van der Waals surface area contributed by atoms with E-state index in [1.807, 2.05) is 0 Å². The number of nitrogens with zero attached hydrogens (tertiary/aromatic N) is 1. The molecule has 158 valence electrons. The summed E-state index contributed by atoms with van der Waals surface area (Å²) in [5.41, 5.74) is -0.814. The van der Waals surface area contributed by atoms with E-state index in [-0.39, 0.29) is 16.9 Å². The van der Waals surface area contributed by atoms with Crippen molar-refractivity contribution in [3.63, 3.8) is 0 Å². The van der Waals surface area contributed by atoms with E-state index in [1.54, 1.807) is 0 Å². The standard InChI is InChI=1S/C23H41NO2Si2/c1-8-27(9-2,10-3)25-22-16-17-23(26-28(11-4,12-5)13-6)20(18-24)19(22)14-15-21(22,23)7/h16-17,19-20H,8-15H2,1-7H3/t19-,20+,21-,22-,23+/m1/s1. The molecule has 2 fully saturated rings. The Bertz CT molecular complexity index is 649. The molecular formula is C23H41NO2Si2. The Morgan fingerprint density at radius 1 is 0.857 bits per heavy atom. The Labute approximate surface area is 175 Å². The lowest BCUT2D eigenvalue weighted by atomic mass is 9.69. The lowest BCUT2D eigenvalue weighted by Crippen LogP contribution is -2.58. The summed E-state index contributed by atoms with van der Waals surface area (Å²) in [6.07, 6.45) is 6.90. The van der Waals surface area contributed by atoms with Crippen molar-refractivity contribution in [3.05, 3.63) is 12.2 Å². The van der Waals surface area contributed by atoms with Gasteiger partial charge >= 0.3 is 0 Å². The van der Waals surface area contributed by atoms with E-state index in [0.717, 1.165) is 49.1 Å². The zero-order chi connectivity index (χ0) is 20.8. The second-order valence-electron chi connectivity index (χ2n) is 9.70. The molecule has 3 aliphatic carbocycles. The van der Waals surface area contributed by atoms with Gasteiger partial charge in [0.25, 0.3) is 0 Å². The fourth-order valence-electron chi connectivity index (χ4n) is 6.93. The van der Waals surface area contributed by atoms with Gasteiger partial charge in [-0.2, -0.15) is 5.26 Å². The van der Waals surface area contributed by atoms with Crippen LogP contribution in [0.4, 0.5) is 0 Å². The monoisotopic (exact) mass is 419 g/mol. The van der Waals surface area contributed by atoms with Crippen molar-refractivity contribution < 1.29 is 8.85 Å². The van der Waals surface area contributed by atoms with E-state index < -0.39 is 22.2 Å². The van der Waals surface area contributed by atoms with Crippen LogP contribution in [0, 0.1) is 28.6 Å². The molecule has 0 aromatic carbocycles. The summed E-state index contributed by atoms with van der Waals surface area (Å²) in [6.45, 7) is 16.2. The SMILES string of the molecule is CC[Si](CC)(CC)O[C@]12C=C[C@@]3(O[Si](CC)(CC)CC)[C@H](CC[C@@]13C)[C@@H]2C#N. The number of hydrogen-bond donors (Lipinski definition) is 0. The highest BCUT2D eigenvalue weighted by atomic mass is 28.4. The van der Waals surface area contributed by atoms with E-state index in [2.05, 4.69) is 66.7 Å². The van der Waals surface area contributed by atoms with Gasteiger partial charge in [0, 0.05) is 11.3 Å². The fraction of sp³-hybridized carbons (Fsp3) is 0.870. The predicted octanol–water partition coefficient (Wildman–Crippen LogP) is 6.65. The van der Waals surface area contributed by atoms with E-state index in [4.69, 9.17) is 8.85 Å². The van der Waals surface area contributed by atoms with Crippen LogP contribution in [0.2, 0.25) is 36.3 Å². The zero-order valence-corrected chi connectivity index (χ0v) is 21.2. The molecule has 5 atom stereocenters. The van der Waals surface area contributed by atoms with Gasteiger partial charge < -0.3 is 8.85 Å². The van der Waals surface area contributed by atoms with Crippen molar-refractivity contribution in [2.24, 2.45) is 17.3 Å². The maximum atomic E-state index is 10.3. The second-order valence-corrected chi connectivity index (χ2v) is 19.1. The second kappa shape index (κ2) is 7.37. The van der Waals surface area contributed by atoms with Crippen molar-refractivity contribution in [1.82, 2.24) is 0 Å². The first-order chi connectivity index (χ1) is 13.3. The summed E-state index contributed by atoms with van der Waals surface area (Å²) >= 11 is 0. The predicted molar refractivity (Wildman–Crippen MR) is 121 cm³/mol. The van der Waals surface area contributed by atoms with Gasteiger partial charge in [-0.3, -0.25) is 0 Å². The highest BCUT2D eigenvalue weighted by Crippen LogP contribution is 2.75. The molecule has 3 aliphatic rings. The minimum absolute atomic E-state index is 0.0648. The van der Waals surface area contributed by atoms with Crippen LogP contribution in [0.5, 0.6) is 0 Å².